The molecule has 3 aliphatic rings. The Kier molecular flexibility index (Phi) is 7.72. The highest BCUT2D eigenvalue weighted by molar-refractivity contribution is 6.30. The Bertz CT molecular complexity index is 814. The number of benzene rings is 1. The second-order valence-corrected chi connectivity index (χ2v) is 9.25. The van der Waals surface area contributed by atoms with Crippen molar-refractivity contribution in [1.82, 2.24) is 14.8 Å². The van der Waals surface area contributed by atoms with Crippen LogP contribution in [-0.2, 0) is 11.2 Å². The highest BCUT2D eigenvalue weighted by Crippen LogP contribution is 2.28. The van der Waals surface area contributed by atoms with E-state index in [1.54, 1.807) is 0 Å². The number of ether oxygens (including phenoxy) is 1. The first-order valence-corrected chi connectivity index (χ1v) is 11.6. The molecule has 4 heterocycles. The van der Waals surface area contributed by atoms with Crippen molar-refractivity contribution in [2.45, 2.75) is 37.4 Å². The van der Waals surface area contributed by atoms with Crippen molar-refractivity contribution in [1.29, 1.82) is 0 Å². The minimum atomic E-state index is 0. The maximum absolute atomic E-state index is 6.12. The van der Waals surface area contributed by atoms with Gasteiger partial charge in [-0.05, 0) is 49.1 Å². The third kappa shape index (κ3) is 5.35. The van der Waals surface area contributed by atoms with E-state index in [2.05, 4.69) is 43.9 Å². The number of piperazine rings is 1. The predicted octanol–water partition coefficient (Wildman–Crippen LogP) is 3.75. The molecule has 0 N–H and O–H groups in total. The Labute approximate surface area is 196 Å². The van der Waals surface area contributed by atoms with E-state index in [0.29, 0.717) is 18.1 Å². The van der Waals surface area contributed by atoms with Crippen LogP contribution in [0.3, 0.4) is 0 Å². The summed E-state index contributed by atoms with van der Waals surface area (Å²) in [5, 5.41) is 0.814. The van der Waals surface area contributed by atoms with Crippen molar-refractivity contribution in [3.8, 4) is 0 Å². The van der Waals surface area contributed by atoms with Gasteiger partial charge < -0.3 is 9.64 Å². The van der Waals surface area contributed by atoms with E-state index in [0.717, 1.165) is 63.2 Å². The number of aromatic nitrogens is 1. The van der Waals surface area contributed by atoms with Gasteiger partial charge in [-0.2, -0.15) is 0 Å². The molecule has 0 aliphatic carbocycles. The molecule has 0 bridgehead atoms. The third-order valence-electron chi connectivity index (χ3n) is 6.98. The number of halogens is 2. The van der Waals surface area contributed by atoms with Gasteiger partial charge in [0.25, 0.3) is 0 Å². The van der Waals surface area contributed by atoms with E-state index in [-0.39, 0.29) is 12.4 Å². The average molecular weight is 463 g/mol. The number of pyridine rings is 1. The normalized spacial score (nSPS) is 25.6. The smallest absolute Gasteiger partial charge is 0.128 e. The van der Waals surface area contributed by atoms with Gasteiger partial charge >= 0.3 is 0 Å². The minimum Gasteiger partial charge on any atom is -0.378 e. The number of morpholine rings is 1. The molecule has 0 saturated carbocycles. The Morgan fingerprint density at radius 2 is 1.77 bits per heavy atom. The SMILES string of the molecule is Cl.Clc1ccc(C[C@H]2CN3CCOC[C@H]3CN2C2CCN(c3ccccn3)CC2)cc1. The molecule has 0 spiro atoms. The molecule has 2 aromatic rings. The lowest BCUT2D eigenvalue weighted by Crippen LogP contribution is -2.65. The lowest BCUT2D eigenvalue weighted by atomic mass is 9.93. The van der Waals surface area contributed by atoms with Gasteiger partial charge in [0, 0.05) is 62.1 Å². The monoisotopic (exact) mass is 462 g/mol. The number of anilines is 1. The van der Waals surface area contributed by atoms with E-state index >= 15 is 0 Å². The van der Waals surface area contributed by atoms with Crippen LogP contribution in [0.15, 0.2) is 48.7 Å². The van der Waals surface area contributed by atoms with Crippen molar-refractivity contribution in [3.05, 3.63) is 59.2 Å². The summed E-state index contributed by atoms with van der Waals surface area (Å²) in [4.78, 5) is 12.4. The molecule has 31 heavy (non-hydrogen) atoms. The van der Waals surface area contributed by atoms with Crippen LogP contribution in [0.1, 0.15) is 18.4 Å². The third-order valence-corrected chi connectivity index (χ3v) is 7.23. The highest BCUT2D eigenvalue weighted by Gasteiger charge is 2.39. The molecular weight excluding hydrogens is 431 g/mol. The van der Waals surface area contributed by atoms with E-state index in [1.165, 1.54) is 18.4 Å². The van der Waals surface area contributed by atoms with E-state index in [1.807, 2.05) is 24.4 Å². The van der Waals surface area contributed by atoms with Crippen LogP contribution in [0.5, 0.6) is 0 Å². The highest BCUT2D eigenvalue weighted by atomic mass is 35.5. The number of piperidine rings is 1. The predicted molar refractivity (Wildman–Crippen MR) is 129 cm³/mol. The standard InChI is InChI=1S/C24H31ClN4O.ClH/c25-20-6-4-19(5-7-20)15-22-16-28-13-14-30-18-23(28)17-29(22)21-8-11-27(12-9-21)24-3-1-2-10-26-24;/h1-7,10,21-23H,8-9,11-18H2;1H/t22-,23+;/m0./s1. The Morgan fingerprint density at radius 3 is 2.52 bits per heavy atom. The van der Waals surface area contributed by atoms with Gasteiger partial charge in [0.2, 0.25) is 0 Å². The molecule has 0 amide bonds. The summed E-state index contributed by atoms with van der Waals surface area (Å²) in [5.41, 5.74) is 1.38. The van der Waals surface area contributed by atoms with Crippen LogP contribution in [-0.4, -0.2) is 78.8 Å². The summed E-state index contributed by atoms with van der Waals surface area (Å²) in [6, 6.07) is 16.3. The summed E-state index contributed by atoms with van der Waals surface area (Å²) in [5.74, 6) is 1.11. The van der Waals surface area contributed by atoms with Gasteiger partial charge in [-0.25, -0.2) is 4.98 Å². The Morgan fingerprint density at radius 1 is 0.968 bits per heavy atom. The fourth-order valence-corrected chi connectivity index (χ4v) is 5.48. The molecule has 5 rings (SSSR count). The van der Waals surface area contributed by atoms with Gasteiger partial charge in [-0.3, -0.25) is 9.80 Å². The maximum atomic E-state index is 6.12. The number of rotatable bonds is 4. The van der Waals surface area contributed by atoms with Crippen molar-refractivity contribution in [3.63, 3.8) is 0 Å². The Balaban J connectivity index is 0.00000231. The van der Waals surface area contributed by atoms with E-state index in [4.69, 9.17) is 16.3 Å². The fraction of sp³-hybridized carbons (Fsp3) is 0.542. The first-order valence-electron chi connectivity index (χ1n) is 11.2. The van der Waals surface area contributed by atoms with Crippen molar-refractivity contribution in [2.24, 2.45) is 0 Å². The number of nitrogens with zero attached hydrogens (tertiary/aromatic N) is 4. The van der Waals surface area contributed by atoms with Gasteiger partial charge in [0.1, 0.15) is 5.82 Å². The van der Waals surface area contributed by atoms with Crippen molar-refractivity contribution in [2.75, 3.05) is 50.8 Å². The summed E-state index contributed by atoms with van der Waals surface area (Å²) in [6.45, 7) is 7.22. The van der Waals surface area contributed by atoms with Gasteiger partial charge in [0.15, 0.2) is 0 Å². The van der Waals surface area contributed by atoms with Gasteiger partial charge in [-0.1, -0.05) is 29.8 Å². The van der Waals surface area contributed by atoms with Crippen LogP contribution in [0.2, 0.25) is 5.02 Å². The van der Waals surface area contributed by atoms with Crippen molar-refractivity contribution >= 4 is 29.8 Å². The second kappa shape index (κ2) is 10.5. The summed E-state index contributed by atoms with van der Waals surface area (Å²) < 4.78 is 5.82. The first kappa shape index (κ1) is 22.8. The molecule has 2 atom stereocenters. The summed E-state index contributed by atoms with van der Waals surface area (Å²) in [7, 11) is 0. The fourth-order valence-electron chi connectivity index (χ4n) is 5.35. The molecule has 3 saturated heterocycles. The summed E-state index contributed by atoms with van der Waals surface area (Å²) >= 11 is 6.12. The zero-order chi connectivity index (χ0) is 20.3. The van der Waals surface area contributed by atoms with Crippen LogP contribution in [0.25, 0.3) is 0 Å². The molecule has 168 valence electrons. The zero-order valence-corrected chi connectivity index (χ0v) is 19.5. The summed E-state index contributed by atoms with van der Waals surface area (Å²) in [6.07, 6.45) is 5.37. The van der Waals surface area contributed by atoms with E-state index in [9.17, 15) is 0 Å². The molecule has 3 fully saturated rings. The van der Waals surface area contributed by atoms with Crippen LogP contribution >= 0.6 is 24.0 Å². The average Bonchev–Trinajstić information content (AvgIpc) is 2.81. The zero-order valence-electron chi connectivity index (χ0n) is 17.9. The second-order valence-electron chi connectivity index (χ2n) is 8.81. The number of fused-ring (bicyclic) bond motifs is 1. The van der Waals surface area contributed by atoms with Crippen molar-refractivity contribution < 1.29 is 4.74 Å². The topological polar surface area (TPSA) is 31.8 Å². The van der Waals surface area contributed by atoms with Gasteiger partial charge in [0.05, 0.1) is 13.2 Å². The Hall–Kier alpha value is -1.37. The largest absolute Gasteiger partial charge is 0.378 e. The molecule has 5 nitrogen and oxygen atoms in total. The molecule has 3 aliphatic heterocycles. The molecule has 0 radical (unpaired) electrons. The quantitative estimate of drug-likeness (QED) is 0.690. The lowest BCUT2D eigenvalue weighted by molar-refractivity contribution is -0.0766. The van der Waals surface area contributed by atoms with E-state index < -0.39 is 0 Å². The minimum absolute atomic E-state index is 0. The molecule has 1 aromatic heterocycles. The van der Waals surface area contributed by atoms with Crippen LogP contribution in [0, 0.1) is 0 Å². The van der Waals surface area contributed by atoms with Crippen LogP contribution < -0.4 is 4.90 Å². The van der Waals surface area contributed by atoms with Gasteiger partial charge in [-0.15, -0.1) is 12.4 Å². The molecule has 1 aromatic carbocycles. The molecule has 0 unspecified atom stereocenters. The maximum Gasteiger partial charge on any atom is 0.128 e. The number of hydrogen-bond acceptors (Lipinski definition) is 5. The molecule has 7 heteroatoms. The lowest BCUT2D eigenvalue weighted by Gasteiger charge is -2.52. The first-order chi connectivity index (χ1) is 14.8. The molecular formula is C24H32Cl2N4O. The number of hydrogen-bond donors (Lipinski definition) is 0. The van der Waals surface area contributed by atoms with Crippen LogP contribution in [0.4, 0.5) is 5.82 Å².